The van der Waals surface area contributed by atoms with Crippen LogP contribution < -0.4 is 21.3 Å². The van der Waals surface area contributed by atoms with Gasteiger partial charge in [0, 0.05) is 38.9 Å². The standard InChI is InChI=1S/C36H65N5O11/c1-29(2)41-52-28-34(45)38-22-21-37-33(44)27-51-26-25-50-24-23-39-31(42)20-19-30(36(48)49)40-32(43)17-15-13-11-9-7-5-3-4-6-8-10-12-14-16-18-35(46)47/h30H,3-28H2,1-2H3,(H,37,44)(H,38,45)(H,39,42)(H,40,43)(H,46,47)(H,48,49)/t30-/m0/s1. The Kier molecular flexibility index (Phi) is 31.8. The summed E-state index contributed by atoms with van der Waals surface area (Å²) in [5.74, 6) is -3.27. The van der Waals surface area contributed by atoms with Crippen LogP contribution in [-0.2, 0) is 43.1 Å². The van der Waals surface area contributed by atoms with E-state index in [0.29, 0.717) is 12.1 Å². The van der Waals surface area contributed by atoms with Gasteiger partial charge in [-0.2, -0.15) is 0 Å². The van der Waals surface area contributed by atoms with Gasteiger partial charge in [-0.1, -0.05) is 82.2 Å². The Labute approximate surface area is 308 Å². The molecule has 16 nitrogen and oxygen atoms in total. The molecule has 6 N–H and O–H groups in total. The highest BCUT2D eigenvalue weighted by molar-refractivity contribution is 5.84. The number of unbranched alkanes of at least 4 members (excludes halogenated alkanes) is 13. The molecule has 0 aromatic carbocycles. The van der Waals surface area contributed by atoms with Crippen LogP contribution in [0.1, 0.15) is 129 Å². The van der Waals surface area contributed by atoms with Gasteiger partial charge in [-0.25, -0.2) is 4.79 Å². The van der Waals surface area contributed by atoms with E-state index in [-0.39, 0.29) is 102 Å². The quantitative estimate of drug-likeness (QED) is 0.0309. The molecule has 0 saturated carbocycles. The van der Waals surface area contributed by atoms with Gasteiger partial charge < -0.3 is 45.8 Å². The summed E-state index contributed by atoms with van der Waals surface area (Å²) < 4.78 is 10.6. The largest absolute Gasteiger partial charge is 0.481 e. The van der Waals surface area contributed by atoms with Gasteiger partial charge >= 0.3 is 11.9 Å². The lowest BCUT2D eigenvalue weighted by molar-refractivity contribution is -0.142. The van der Waals surface area contributed by atoms with Crippen molar-refractivity contribution in [1.29, 1.82) is 0 Å². The molecule has 16 heteroatoms. The smallest absolute Gasteiger partial charge is 0.326 e. The average molecular weight is 744 g/mol. The summed E-state index contributed by atoms with van der Waals surface area (Å²) in [7, 11) is 0. The lowest BCUT2D eigenvalue weighted by atomic mass is 10.0. The van der Waals surface area contributed by atoms with Crippen LogP contribution in [0.2, 0.25) is 0 Å². The maximum atomic E-state index is 12.3. The second-order valence-electron chi connectivity index (χ2n) is 12.9. The van der Waals surface area contributed by atoms with Crippen LogP contribution in [0.15, 0.2) is 5.16 Å². The van der Waals surface area contributed by atoms with Crippen molar-refractivity contribution in [2.24, 2.45) is 5.16 Å². The first-order chi connectivity index (χ1) is 25.0. The highest BCUT2D eigenvalue weighted by Gasteiger charge is 2.20. The van der Waals surface area contributed by atoms with Crippen molar-refractivity contribution >= 4 is 41.3 Å². The lowest BCUT2D eigenvalue weighted by Gasteiger charge is -2.14. The fraction of sp³-hybridized carbons (Fsp3) is 0.806. The minimum absolute atomic E-state index is 0.0228. The number of carboxylic acids is 2. The molecular formula is C36H65N5O11. The number of nitrogens with zero attached hydrogens (tertiary/aromatic N) is 1. The number of carbonyl (C=O) groups is 6. The van der Waals surface area contributed by atoms with E-state index in [1.807, 2.05) is 0 Å². The number of aliphatic carboxylic acids is 2. The number of carboxylic acid groups (broad SMARTS) is 2. The Morgan fingerprint density at radius 1 is 0.538 bits per heavy atom. The first-order valence-corrected chi connectivity index (χ1v) is 18.8. The minimum Gasteiger partial charge on any atom is -0.481 e. The van der Waals surface area contributed by atoms with Crippen molar-refractivity contribution in [2.75, 3.05) is 52.7 Å². The summed E-state index contributed by atoms with van der Waals surface area (Å²) >= 11 is 0. The van der Waals surface area contributed by atoms with Gasteiger partial charge in [-0.3, -0.25) is 24.0 Å². The molecule has 0 aliphatic rings. The molecule has 0 rings (SSSR count). The summed E-state index contributed by atoms with van der Waals surface area (Å²) in [6.07, 6.45) is 15.5. The van der Waals surface area contributed by atoms with Gasteiger partial charge in [0.15, 0.2) is 6.61 Å². The van der Waals surface area contributed by atoms with Crippen molar-refractivity contribution in [1.82, 2.24) is 21.3 Å². The van der Waals surface area contributed by atoms with E-state index in [4.69, 9.17) is 19.4 Å². The predicted octanol–water partition coefficient (Wildman–Crippen LogP) is 3.46. The van der Waals surface area contributed by atoms with Gasteiger partial charge in [0.25, 0.3) is 5.91 Å². The third kappa shape index (κ3) is 34.6. The van der Waals surface area contributed by atoms with Crippen molar-refractivity contribution in [3.05, 3.63) is 0 Å². The van der Waals surface area contributed by atoms with E-state index in [1.54, 1.807) is 13.8 Å². The molecule has 0 heterocycles. The SMILES string of the molecule is CC(C)=NOCC(=O)NCCNC(=O)COCCOCCNC(=O)CC[C@H](NC(=O)CCCCCCCCCCCCCCCCC(=O)O)C(=O)O. The number of hydrogen-bond donors (Lipinski definition) is 6. The molecule has 1 atom stereocenters. The summed E-state index contributed by atoms with van der Waals surface area (Å²) in [6, 6.07) is -1.13. The first kappa shape index (κ1) is 48.2. The fourth-order valence-electron chi connectivity index (χ4n) is 4.94. The van der Waals surface area contributed by atoms with Crippen LogP contribution in [0.3, 0.4) is 0 Å². The molecule has 300 valence electrons. The number of ether oxygens (including phenoxy) is 2. The molecule has 0 aliphatic carbocycles. The highest BCUT2D eigenvalue weighted by Crippen LogP contribution is 2.14. The van der Waals surface area contributed by atoms with Crippen LogP contribution in [0.25, 0.3) is 0 Å². The van der Waals surface area contributed by atoms with Crippen LogP contribution in [0.5, 0.6) is 0 Å². The Morgan fingerprint density at radius 3 is 1.54 bits per heavy atom. The Hall–Kier alpha value is -3.79. The van der Waals surface area contributed by atoms with Crippen molar-refractivity contribution in [2.45, 2.75) is 135 Å². The molecule has 0 spiro atoms. The zero-order valence-electron chi connectivity index (χ0n) is 31.5. The Balaban J connectivity index is 3.71. The summed E-state index contributed by atoms with van der Waals surface area (Å²) in [5, 5.41) is 32.1. The Bertz CT molecular complexity index is 1040. The van der Waals surface area contributed by atoms with E-state index < -0.39 is 18.0 Å². The molecule has 0 unspecified atom stereocenters. The van der Waals surface area contributed by atoms with Crippen LogP contribution in [0, 0.1) is 0 Å². The molecule has 0 radical (unpaired) electrons. The van der Waals surface area contributed by atoms with Gasteiger partial charge in [0.2, 0.25) is 17.7 Å². The van der Waals surface area contributed by atoms with Crippen molar-refractivity contribution in [3.63, 3.8) is 0 Å². The van der Waals surface area contributed by atoms with Crippen LogP contribution in [0.4, 0.5) is 0 Å². The molecule has 0 aromatic rings. The zero-order chi connectivity index (χ0) is 38.7. The number of hydrogen-bond acceptors (Lipinski definition) is 10. The third-order valence-electron chi connectivity index (χ3n) is 7.72. The molecule has 0 aliphatic heterocycles. The van der Waals surface area contributed by atoms with Crippen molar-refractivity contribution < 1.29 is 53.3 Å². The molecule has 0 saturated heterocycles. The maximum absolute atomic E-state index is 12.3. The maximum Gasteiger partial charge on any atom is 0.326 e. The zero-order valence-corrected chi connectivity index (χ0v) is 31.5. The van der Waals surface area contributed by atoms with E-state index in [0.717, 1.165) is 38.5 Å². The van der Waals surface area contributed by atoms with Crippen molar-refractivity contribution in [3.8, 4) is 0 Å². The normalized spacial score (nSPS) is 11.3. The third-order valence-corrected chi connectivity index (χ3v) is 7.72. The number of rotatable bonds is 36. The number of nitrogens with one attached hydrogen (secondary N) is 4. The lowest BCUT2D eigenvalue weighted by Crippen LogP contribution is -2.41. The van der Waals surface area contributed by atoms with Gasteiger partial charge in [-0.05, 0) is 33.1 Å². The number of carbonyl (C=O) groups excluding carboxylic acids is 4. The highest BCUT2D eigenvalue weighted by atomic mass is 16.6. The monoisotopic (exact) mass is 743 g/mol. The fourth-order valence-corrected chi connectivity index (χ4v) is 4.94. The van der Waals surface area contributed by atoms with Gasteiger partial charge in [-0.15, -0.1) is 0 Å². The number of oxime groups is 1. The predicted molar refractivity (Wildman–Crippen MR) is 196 cm³/mol. The van der Waals surface area contributed by atoms with Crippen LogP contribution in [-0.4, -0.2) is 110 Å². The number of amides is 4. The topological polar surface area (TPSA) is 231 Å². The average Bonchev–Trinajstić information content (AvgIpc) is 3.09. The first-order valence-electron chi connectivity index (χ1n) is 18.8. The van der Waals surface area contributed by atoms with E-state index in [1.165, 1.54) is 44.9 Å². The second-order valence-corrected chi connectivity index (χ2v) is 12.9. The van der Waals surface area contributed by atoms with E-state index in [2.05, 4.69) is 26.4 Å². The molecule has 0 fully saturated rings. The molecule has 0 bridgehead atoms. The molecule has 0 aromatic heterocycles. The van der Waals surface area contributed by atoms with E-state index in [9.17, 15) is 33.9 Å². The molecule has 4 amide bonds. The van der Waals surface area contributed by atoms with Gasteiger partial charge in [0.1, 0.15) is 12.6 Å². The Morgan fingerprint density at radius 2 is 1.02 bits per heavy atom. The minimum atomic E-state index is -1.18. The van der Waals surface area contributed by atoms with Gasteiger partial charge in [0.05, 0.1) is 25.5 Å². The summed E-state index contributed by atoms with van der Waals surface area (Å²) in [6.45, 7) is 4.34. The summed E-state index contributed by atoms with van der Waals surface area (Å²) in [5.41, 5.74) is 0.693. The van der Waals surface area contributed by atoms with E-state index >= 15 is 0 Å². The molecular weight excluding hydrogens is 678 g/mol. The van der Waals surface area contributed by atoms with Crippen LogP contribution >= 0.6 is 0 Å². The summed E-state index contributed by atoms with van der Waals surface area (Å²) in [4.78, 5) is 74.6. The molecule has 52 heavy (non-hydrogen) atoms. The second kappa shape index (κ2) is 34.3.